The van der Waals surface area contributed by atoms with Gasteiger partial charge in [0.2, 0.25) is 0 Å². The van der Waals surface area contributed by atoms with E-state index in [-0.39, 0.29) is 0 Å². The second-order valence-electron chi connectivity index (χ2n) is 5.24. The fourth-order valence-corrected chi connectivity index (χ4v) is 3.14. The molecule has 2 heteroatoms. The lowest BCUT2D eigenvalue weighted by Gasteiger charge is -2.22. The van der Waals surface area contributed by atoms with Crippen molar-refractivity contribution in [2.45, 2.75) is 45.6 Å². The van der Waals surface area contributed by atoms with Crippen molar-refractivity contribution in [3.63, 3.8) is 0 Å². The zero-order chi connectivity index (χ0) is 11.4. The first-order valence-corrected chi connectivity index (χ1v) is 7.41. The van der Waals surface area contributed by atoms with Crippen LogP contribution in [-0.4, -0.2) is 12.6 Å². The molecule has 1 aliphatic rings. The molecule has 16 heavy (non-hydrogen) atoms. The normalized spacial score (nSPS) is 17.9. The van der Waals surface area contributed by atoms with E-state index in [0.29, 0.717) is 0 Å². The summed E-state index contributed by atoms with van der Waals surface area (Å²) in [6.07, 6.45) is 5.40. The van der Waals surface area contributed by atoms with Gasteiger partial charge in [0.15, 0.2) is 0 Å². The Morgan fingerprint density at radius 1 is 1.44 bits per heavy atom. The van der Waals surface area contributed by atoms with Gasteiger partial charge in [-0.2, -0.15) is 0 Å². The number of rotatable bonds is 7. The van der Waals surface area contributed by atoms with Gasteiger partial charge in [0.05, 0.1) is 0 Å². The summed E-state index contributed by atoms with van der Waals surface area (Å²) >= 11 is 1.88. The van der Waals surface area contributed by atoms with E-state index in [1.165, 1.54) is 37.1 Å². The van der Waals surface area contributed by atoms with Gasteiger partial charge in [0, 0.05) is 10.9 Å². The van der Waals surface area contributed by atoms with Crippen molar-refractivity contribution in [2.75, 3.05) is 6.54 Å². The van der Waals surface area contributed by atoms with Crippen molar-refractivity contribution in [3.05, 3.63) is 22.4 Å². The summed E-state index contributed by atoms with van der Waals surface area (Å²) in [6.45, 7) is 5.86. The smallest absolute Gasteiger partial charge is 0.0118 e. The largest absolute Gasteiger partial charge is 0.313 e. The topological polar surface area (TPSA) is 12.0 Å². The average Bonchev–Trinajstić information content (AvgIpc) is 2.94. The molecule has 1 unspecified atom stereocenters. The van der Waals surface area contributed by atoms with Crippen LogP contribution in [0.25, 0.3) is 0 Å². The van der Waals surface area contributed by atoms with Gasteiger partial charge < -0.3 is 5.32 Å². The van der Waals surface area contributed by atoms with Crippen molar-refractivity contribution < 1.29 is 0 Å². The fourth-order valence-electron chi connectivity index (χ4n) is 2.39. The van der Waals surface area contributed by atoms with E-state index in [0.717, 1.165) is 17.9 Å². The molecule has 2 rings (SSSR count). The van der Waals surface area contributed by atoms with Gasteiger partial charge in [-0.25, -0.2) is 0 Å². The Morgan fingerprint density at radius 3 is 2.81 bits per heavy atom. The van der Waals surface area contributed by atoms with Gasteiger partial charge in [0.25, 0.3) is 0 Å². The lowest BCUT2D eigenvalue weighted by molar-refractivity contribution is 0.360. The molecule has 0 bridgehead atoms. The van der Waals surface area contributed by atoms with Crippen LogP contribution in [0.3, 0.4) is 0 Å². The van der Waals surface area contributed by atoms with Crippen LogP contribution < -0.4 is 5.32 Å². The summed E-state index contributed by atoms with van der Waals surface area (Å²) in [5.41, 5.74) is 0. The second-order valence-corrected chi connectivity index (χ2v) is 6.28. The third kappa shape index (κ3) is 3.60. The van der Waals surface area contributed by atoms with Crippen LogP contribution >= 0.6 is 11.3 Å². The summed E-state index contributed by atoms with van der Waals surface area (Å²) in [7, 11) is 0. The molecule has 1 heterocycles. The van der Waals surface area contributed by atoms with Crippen molar-refractivity contribution in [2.24, 2.45) is 11.8 Å². The maximum atomic E-state index is 3.75. The van der Waals surface area contributed by atoms with E-state index in [4.69, 9.17) is 0 Å². The lowest BCUT2D eigenvalue weighted by Crippen LogP contribution is -2.36. The minimum absolute atomic E-state index is 0.767. The Balaban J connectivity index is 1.63. The van der Waals surface area contributed by atoms with E-state index in [2.05, 4.69) is 36.7 Å². The Labute approximate surface area is 103 Å². The van der Waals surface area contributed by atoms with Crippen LogP contribution in [0.1, 0.15) is 38.0 Å². The maximum absolute atomic E-state index is 3.75. The van der Waals surface area contributed by atoms with Crippen molar-refractivity contribution >= 4 is 11.3 Å². The molecule has 90 valence electrons. The first-order chi connectivity index (χ1) is 7.77. The molecule has 0 saturated heterocycles. The Kier molecular flexibility index (Phi) is 4.42. The maximum Gasteiger partial charge on any atom is 0.0118 e. The van der Waals surface area contributed by atoms with Gasteiger partial charge in [-0.15, -0.1) is 11.3 Å². The highest BCUT2D eigenvalue weighted by Crippen LogP contribution is 2.35. The number of aryl methyl sites for hydroxylation is 1. The molecule has 1 fully saturated rings. The molecule has 1 N–H and O–H groups in total. The molecule has 1 atom stereocenters. The third-order valence-corrected chi connectivity index (χ3v) is 4.34. The predicted molar refractivity (Wildman–Crippen MR) is 72.0 cm³/mol. The summed E-state index contributed by atoms with van der Waals surface area (Å²) in [5.74, 6) is 1.76. The molecule has 1 aromatic heterocycles. The fraction of sp³-hybridized carbons (Fsp3) is 0.714. The standard InChI is InChI=1S/C14H23NS/c1-11(2)14(12-7-8-12)15-9-3-5-13-6-4-10-16-13/h4,6,10-12,14-15H,3,5,7-9H2,1-2H3. The van der Waals surface area contributed by atoms with Crippen LogP contribution in [0.15, 0.2) is 17.5 Å². The average molecular weight is 237 g/mol. The Morgan fingerprint density at radius 2 is 2.25 bits per heavy atom. The summed E-state index contributed by atoms with van der Waals surface area (Å²) in [4.78, 5) is 1.52. The van der Waals surface area contributed by atoms with Gasteiger partial charge in [-0.3, -0.25) is 0 Å². The highest BCUT2D eigenvalue weighted by Gasteiger charge is 2.32. The molecular formula is C14H23NS. The molecule has 1 saturated carbocycles. The quantitative estimate of drug-likeness (QED) is 0.713. The highest BCUT2D eigenvalue weighted by atomic mass is 32.1. The van der Waals surface area contributed by atoms with Crippen molar-refractivity contribution in [3.8, 4) is 0 Å². The zero-order valence-electron chi connectivity index (χ0n) is 10.4. The number of hydrogen-bond donors (Lipinski definition) is 1. The number of hydrogen-bond acceptors (Lipinski definition) is 2. The first-order valence-electron chi connectivity index (χ1n) is 6.53. The summed E-state index contributed by atoms with van der Waals surface area (Å²) in [6, 6.07) is 5.16. The van der Waals surface area contributed by atoms with Gasteiger partial charge in [-0.1, -0.05) is 19.9 Å². The van der Waals surface area contributed by atoms with Gasteiger partial charge in [0.1, 0.15) is 0 Å². The van der Waals surface area contributed by atoms with Crippen molar-refractivity contribution in [1.29, 1.82) is 0 Å². The van der Waals surface area contributed by atoms with Gasteiger partial charge >= 0.3 is 0 Å². The molecule has 0 radical (unpaired) electrons. The van der Waals surface area contributed by atoms with E-state index < -0.39 is 0 Å². The van der Waals surface area contributed by atoms with E-state index in [1.54, 1.807) is 0 Å². The van der Waals surface area contributed by atoms with Crippen LogP contribution in [0, 0.1) is 11.8 Å². The minimum atomic E-state index is 0.767. The van der Waals surface area contributed by atoms with Crippen LogP contribution in [-0.2, 0) is 6.42 Å². The van der Waals surface area contributed by atoms with E-state index in [9.17, 15) is 0 Å². The van der Waals surface area contributed by atoms with Crippen LogP contribution in [0.2, 0.25) is 0 Å². The minimum Gasteiger partial charge on any atom is -0.313 e. The van der Waals surface area contributed by atoms with E-state index in [1.807, 2.05) is 11.3 Å². The Hall–Kier alpha value is -0.340. The molecule has 0 amide bonds. The highest BCUT2D eigenvalue weighted by molar-refractivity contribution is 7.09. The second kappa shape index (κ2) is 5.83. The molecule has 1 aliphatic carbocycles. The molecule has 1 aromatic rings. The summed E-state index contributed by atoms with van der Waals surface area (Å²) < 4.78 is 0. The summed E-state index contributed by atoms with van der Waals surface area (Å²) in [5, 5.41) is 5.92. The molecular weight excluding hydrogens is 214 g/mol. The van der Waals surface area contributed by atoms with Crippen LogP contribution in [0.5, 0.6) is 0 Å². The third-order valence-electron chi connectivity index (χ3n) is 3.41. The van der Waals surface area contributed by atoms with Crippen LogP contribution in [0.4, 0.5) is 0 Å². The van der Waals surface area contributed by atoms with E-state index >= 15 is 0 Å². The molecule has 1 nitrogen and oxygen atoms in total. The van der Waals surface area contributed by atoms with Crippen molar-refractivity contribution in [1.82, 2.24) is 5.32 Å². The molecule has 0 spiro atoms. The number of nitrogens with one attached hydrogen (secondary N) is 1. The Bertz CT molecular complexity index is 286. The lowest BCUT2D eigenvalue weighted by atomic mass is 9.99. The molecule has 0 aliphatic heterocycles. The number of thiophene rings is 1. The SMILES string of the molecule is CC(C)C(NCCCc1cccs1)C1CC1. The first kappa shape index (κ1) is 12.1. The monoisotopic (exact) mass is 237 g/mol. The van der Waals surface area contributed by atoms with Gasteiger partial charge in [-0.05, 0) is 55.5 Å². The molecule has 0 aromatic carbocycles. The zero-order valence-corrected chi connectivity index (χ0v) is 11.2. The predicted octanol–water partition coefficient (Wildman–Crippen LogP) is 3.70.